The van der Waals surface area contributed by atoms with Crippen LogP contribution in [0, 0.1) is 0 Å². The number of rotatable bonds is 4. The van der Waals surface area contributed by atoms with Gasteiger partial charge in [-0.2, -0.15) is 0 Å². The molecule has 0 atom stereocenters. The van der Waals surface area contributed by atoms with Crippen LogP contribution in [0.5, 0.6) is 0 Å². The van der Waals surface area contributed by atoms with E-state index in [1.165, 1.54) is 32.9 Å². The summed E-state index contributed by atoms with van der Waals surface area (Å²) in [6.07, 6.45) is 4.10. The molecular formula is C44H40N4. The van der Waals surface area contributed by atoms with Crippen molar-refractivity contribution in [1.29, 1.82) is 0 Å². The minimum Gasteiger partial charge on any atom is -0.309 e. The van der Waals surface area contributed by atoms with Crippen molar-refractivity contribution < 1.29 is 0 Å². The topological polar surface area (TPSA) is 35.1 Å². The highest BCUT2D eigenvalue weighted by molar-refractivity contribution is 6.10. The molecule has 0 aliphatic heterocycles. The van der Waals surface area contributed by atoms with E-state index in [-0.39, 0.29) is 10.8 Å². The molecule has 8 aromatic rings. The second-order valence-electron chi connectivity index (χ2n) is 14.9. The smallest absolute Gasteiger partial charge is 0.234 e. The summed E-state index contributed by atoms with van der Waals surface area (Å²) >= 11 is 0. The van der Waals surface area contributed by atoms with Crippen LogP contribution in [0.4, 0.5) is 0 Å². The monoisotopic (exact) mass is 624 g/mol. The van der Waals surface area contributed by atoms with Gasteiger partial charge in [0.05, 0.1) is 22.4 Å². The van der Waals surface area contributed by atoms with Gasteiger partial charge in [0.2, 0.25) is 5.78 Å². The van der Waals surface area contributed by atoms with Gasteiger partial charge in [-0.1, -0.05) is 126 Å². The van der Waals surface area contributed by atoms with E-state index in [9.17, 15) is 0 Å². The van der Waals surface area contributed by atoms with E-state index >= 15 is 0 Å². The molecular weight excluding hydrogens is 585 g/mol. The summed E-state index contributed by atoms with van der Waals surface area (Å²) in [5.41, 5.74) is 12.7. The Kier molecular flexibility index (Phi) is 6.89. The van der Waals surface area contributed by atoms with Gasteiger partial charge in [0.25, 0.3) is 0 Å². The zero-order chi connectivity index (χ0) is 33.2. The molecule has 0 fully saturated rings. The average molecular weight is 625 g/mol. The summed E-state index contributed by atoms with van der Waals surface area (Å²) in [5.74, 6) is 0.683. The van der Waals surface area contributed by atoms with Crippen LogP contribution in [0.15, 0.2) is 134 Å². The Labute approximate surface area is 282 Å². The van der Waals surface area contributed by atoms with Gasteiger partial charge < -0.3 is 4.57 Å². The number of benzene rings is 5. The molecule has 0 unspecified atom stereocenters. The van der Waals surface area contributed by atoms with E-state index < -0.39 is 0 Å². The predicted molar refractivity (Wildman–Crippen MR) is 201 cm³/mol. The molecule has 0 spiro atoms. The van der Waals surface area contributed by atoms with Crippen LogP contribution >= 0.6 is 0 Å². The summed E-state index contributed by atoms with van der Waals surface area (Å²) in [6.45, 7) is 13.7. The SMILES string of the molecule is CC(C)(C)c1ccc2c(c1)c1cc(C(C)(C)C)ccc1n2-c1ccc(-c2cnc3nc(-c4ccccc4)c(-c4ccccc4)n3c2)cc1. The number of nitrogens with zero attached hydrogens (tertiary/aromatic N) is 4. The molecule has 0 aliphatic rings. The lowest BCUT2D eigenvalue weighted by Gasteiger charge is -2.19. The van der Waals surface area contributed by atoms with Crippen LogP contribution in [0.2, 0.25) is 0 Å². The predicted octanol–water partition coefficient (Wildman–Crippen LogP) is 11.4. The standard InChI is InChI=1S/C44H40N4/c1-43(2,3)33-19-23-38-36(25-33)37-26-34(44(4,5)6)20-24-39(37)48(38)35-21-17-29(18-22-35)32-27-45-42-46-40(30-13-9-7-10-14-30)41(47(42)28-32)31-15-11-8-12-16-31/h7-28H,1-6H3. The Balaban J connectivity index is 1.26. The van der Waals surface area contributed by atoms with Gasteiger partial charge >= 0.3 is 0 Å². The number of hydrogen-bond acceptors (Lipinski definition) is 2. The van der Waals surface area contributed by atoms with Gasteiger partial charge in [-0.25, -0.2) is 9.97 Å². The number of imidazole rings is 1. The van der Waals surface area contributed by atoms with Gasteiger partial charge in [-0.15, -0.1) is 0 Å². The normalized spacial score (nSPS) is 12.4. The lowest BCUT2D eigenvalue weighted by atomic mass is 9.85. The van der Waals surface area contributed by atoms with Gasteiger partial charge in [-0.05, 0) is 63.9 Å². The van der Waals surface area contributed by atoms with Crippen LogP contribution in [0.25, 0.3) is 66.9 Å². The van der Waals surface area contributed by atoms with E-state index in [1.54, 1.807) is 0 Å². The molecule has 236 valence electrons. The Bertz CT molecular complexity index is 2360. The molecule has 48 heavy (non-hydrogen) atoms. The minimum absolute atomic E-state index is 0.0680. The lowest BCUT2D eigenvalue weighted by molar-refractivity contribution is 0.590. The highest BCUT2D eigenvalue weighted by Crippen LogP contribution is 2.38. The number of hydrogen-bond donors (Lipinski definition) is 0. The first kappa shape index (κ1) is 29.9. The summed E-state index contributed by atoms with van der Waals surface area (Å²) in [6, 6.07) is 43.7. The second-order valence-corrected chi connectivity index (χ2v) is 14.9. The second kappa shape index (κ2) is 11.1. The molecule has 3 aromatic heterocycles. The van der Waals surface area contributed by atoms with Crippen molar-refractivity contribution in [2.24, 2.45) is 0 Å². The first-order valence-corrected chi connectivity index (χ1v) is 16.8. The zero-order valence-electron chi connectivity index (χ0n) is 28.5. The van der Waals surface area contributed by atoms with Crippen molar-refractivity contribution in [3.63, 3.8) is 0 Å². The van der Waals surface area contributed by atoms with Gasteiger partial charge in [-0.3, -0.25) is 4.40 Å². The summed E-state index contributed by atoms with van der Waals surface area (Å²) in [5, 5.41) is 2.59. The third-order valence-electron chi connectivity index (χ3n) is 9.53. The van der Waals surface area contributed by atoms with Crippen LogP contribution < -0.4 is 0 Å². The fourth-order valence-electron chi connectivity index (χ4n) is 6.79. The third kappa shape index (κ3) is 5.09. The zero-order valence-corrected chi connectivity index (χ0v) is 28.5. The van der Waals surface area contributed by atoms with E-state index in [1.807, 2.05) is 18.3 Å². The lowest BCUT2D eigenvalue weighted by Crippen LogP contribution is -2.10. The highest BCUT2D eigenvalue weighted by Gasteiger charge is 2.21. The molecule has 0 saturated heterocycles. The van der Waals surface area contributed by atoms with E-state index in [0.717, 1.165) is 39.3 Å². The third-order valence-corrected chi connectivity index (χ3v) is 9.53. The molecule has 0 bridgehead atoms. The van der Waals surface area contributed by atoms with Crippen molar-refractivity contribution >= 4 is 27.6 Å². The first-order chi connectivity index (χ1) is 23.1. The molecule has 0 radical (unpaired) electrons. The average Bonchev–Trinajstić information content (AvgIpc) is 3.63. The molecule has 3 heterocycles. The van der Waals surface area contributed by atoms with E-state index in [4.69, 9.17) is 9.97 Å². The Hall–Kier alpha value is -5.48. The van der Waals surface area contributed by atoms with Gasteiger partial charge in [0.15, 0.2) is 0 Å². The summed E-state index contributed by atoms with van der Waals surface area (Å²) in [4.78, 5) is 9.84. The number of fused-ring (bicyclic) bond motifs is 4. The molecule has 0 saturated carbocycles. The summed E-state index contributed by atoms with van der Waals surface area (Å²) < 4.78 is 4.54. The maximum atomic E-state index is 4.99. The largest absolute Gasteiger partial charge is 0.309 e. The molecule has 4 nitrogen and oxygen atoms in total. The minimum atomic E-state index is 0.0680. The maximum Gasteiger partial charge on any atom is 0.234 e. The van der Waals surface area contributed by atoms with Gasteiger partial charge in [0.1, 0.15) is 0 Å². The molecule has 0 amide bonds. The maximum absolute atomic E-state index is 4.99. The van der Waals surface area contributed by atoms with Crippen LogP contribution in [-0.2, 0) is 10.8 Å². The van der Waals surface area contributed by atoms with Crippen LogP contribution in [0.3, 0.4) is 0 Å². The van der Waals surface area contributed by atoms with Crippen LogP contribution in [0.1, 0.15) is 52.7 Å². The van der Waals surface area contributed by atoms with Crippen molar-refractivity contribution in [3.05, 3.63) is 145 Å². The fraction of sp³-hybridized carbons (Fsp3) is 0.182. The molecule has 5 aromatic carbocycles. The van der Waals surface area contributed by atoms with E-state index in [2.05, 4.69) is 166 Å². The van der Waals surface area contributed by atoms with Crippen molar-refractivity contribution in [2.75, 3.05) is 0 Å². The molecule has 4 heteroatoms. The van der Waals surface area contributed by atoms with Crippen molar-refractivity contribution in [2.45, 2.75) is 52.4 Å². The van der Waals surface area contributed by atoms with Crippen molar-refractivity contribution in [1.82, 2.24) is 18.9 Å². The number of aromatic nitrogens is 4. The first-order valence-electron chi connectivity index (χ1n) is 16.8. The molecule has 8 rings (SSSR count). The van der Waals surface area contributed by atoms with Crippen molar-refractivity contribution in [3.8, 4) is 39.3 Å². The van der Waals surface area contributed by atoms with E-state index in [0.29, 0.717) is 5.78 Å². The summed E-state index contributed by atoms with van der Waals surface area (Å²) in [7, 11) is 0. The quantitative estimate of drug-likeness (QED) is 0.195. The Morgan fingerprint density at radius 2 is 1.06 bits per heavy atom. The Morgan fingerprint density at radius 1 is 0.521 bits per heavy atom. The molecule has 0 N–H and O–H groups in total. The molecule has 0 aliphatic carbocycles. The Morgan fingerprint density at radius 3 is 1.60 bits per heavy atom. The fourth-order valence-corrected chi connectivity index (χ4v) is 6.79. The van der Waals surface area contributed by atoms with Gasteiger partial charge in [0, 0.05) is 45.5 Å². The highest BCUT2D eigenvalue weighted by atomic mass is 15.1. The van der Waals surface area contributed by atoms with Crippen LogP contribution in [-0.4, -0.2) is 18.9 Å².